The fraction of sp³-hybridized carbons (Fsp3) is 0.533. The lowest BCUT2D eigenvalue weighted by Gasteiger charge is -2.30. The van der Waals surface area contributed by atoms with Crippen LogP contribution in [0.4, 0.5) is 22.0 Å². The Morgan fingerprint density at radius 3 is 2.39 bits per heavy atom. The molecule has 1 saturated carbocycles. The number of hydrogen-bond donors (Lipinski definition) is 1. The Morgan fingerprint density at radius 1 is 1.35 bits per heavy atom. The first kappa shape index (κ1) is 17.5. The third-order valence-electron chi connectivity index (χ3n) is 4.12. The van der Waals surface area contributed by atoms with Gasteiger partial charge in [-0.25, -0.2) is 13.2 Å². The molecule has 0 radical (unpaired) electrons. The molecule has 0 bridgehead atoms. The second-order valence-electron chi connectivity index (χ2n) is 5.65. The molecule has 0 aliphatic heterocycles. The number of carbonyl (C=O) groups excluding carboxylic acids is 1. The predicted octanol–water partition coefficient (Wildman–Crippen LogP) is 4.13. The fourth-order valence-electron chi connectivity index (χ4n) is 2.99. The Morgan fingerprint density at radius 2 is 1.91 bits per heavy atom. The third kappa shape index (κ3) is 3.73. The Kier molecular flexibility index (Phi) is 4.81. The second-order valence-corrected chi connectivity index (χ2v) is 5.65. The maximum Gasteiger partial charge on any atom is 0.387 e. The van der Waals surface area contributed by atoms with Crippen molar-refractivity contribution < 1.29 is 31.5 Å². The van der Waals surface area contributed by atoms with E-state index in [0.29, 0.717) is 0 Å². The lowest BCUT2D eigenvalue weighted by molar-refractivity contribution is -0.0532. The topological polar surface area (TPSA) is 52.3 Å². The van der Waals surface area contributed by atoms with E-state index in [4.69, 9.17) is 5.73 Å². The molecular formula is C15H16F5NO2. The van der Waals surface area contributed by atoms with Crippen LogP contribution in [-0.4, -0.2) is 18.4 Å². The van der Waals surface area contributed by atoms with E-state index < -0.39 is 48.6 Å². The molecule has 0 saturated heterocycles. The first-order valence-corrected chi connectivity index (χ1v) is 7.08. The van der Waals surface area contributed by atoms with Crippen LogP contribution in [-0.2, 0) is 0 Å². The van der Waals surface area contributed by atoms with Gasteiger partial charge >= 0.3 is 6.61 Å². The van der Waals surface area contributed by atoms with Crippen molar-refractivity contribution in [2.75, 3.05) is 0 Å². The minimum atomic E-state index is -3.19. The summed E-state index contributed by atoms with van der Waals surface area (Å²) in [5, 5.41) is 0. The van der Waals surface area contributed by atoms with E-state index in [1.165, 1.54) is 6.92 Å². The molecule has 1 aromatic rings. The highest BCUT2D eigenvalue weighted by Gasteiger charge is 2.37. The second kappa shape index (κ2) is 6.33. The molecule has 8 heteroatoms. The Bertz CT molecular complexity index is 608. The predicted molar refractivity (Wildman–Crippen MR) is 72.4 cm³/mol. The highest BCUT2D eigenvalue weighted by Crippen LogP contribution is 2.45. The van der Waals surface area contributed by atoms with Gasteiger partial charge in [0.25, 0.3) is 5.91 Å². The summed E-state index contributed by atoms with van der Waals surface area (Å²) in [5.41, 5.74) is 4.48. The van der Waals surface area contributed by atoms with Gasteiger partial charge in [0.2, 0.25) is 5.92 Å². The maximum absolute atomic E-state index is 14.2. The van der Waals surface area contributed by atoms with E-state index in [-0.39, 0.29) is 29.7 Å². The van der Waals surface area contributed by atoms with Gasteiger partial charge in [-0.15, -0.1) is 0 Å². The molecular weight excluding hydrogens is 321 g/mol. The lowest BCUT2D eigenvalue weighted by Crippen LogP contribution is -2.25. The number of hydrogen-bond acceptors (Lipinski definition) is 2. The van der Waals surface area contributed by atoms with E-state index >= 15 is 0 Å². The average molecular weight is 337 g/mol. The van der Waals surface area contributed by atoms with Gasteiger partial charge < -0.3 is 10.5 Å². The van der Waals surface area contributed by atoms with Crippen LogP contribution in [0.3, 0.4) is 0 Å². The van der Waals surface area contributed by atoms with Crippen LogP contribution in [0.2, 0.25) is 0 Å². The summed E-state index contributed by atoms with van der Waals surface area (Å²) in [6.45, 7) is -1.90. The van der Waals surface area contributed by atoms with Gasteiger partial charge in [0.1, 0.15) is 11.6 Å². The highest BCUT2D eigenvalue weighted by molar-refractivity contribution is 5.94. The number of benzene rings is 1. The standard InChI is InChI=1S/C15H16F5NO2/c1-7-11(8-2-4-15(19,20)5-3-8)10(23-14(17)18)6-9(12(7)16)13(21)22/h6,8,14H,2-5H2,1H3,(H2,21,22). The van der Waals surface area contributed by atoms with Gasteiger partial charge in [-0.1, -0.05) is 0 Å². The normalized spacial score (nSPS) is 18.2. The SMILES string of the molecule is Cc1c(F)c(C(N)=O)cc(OC(F)F)c1C1CCC(F)(F)CC1. The maximum atomic E-state index is 14.2. The zero-order valence-corrected chi connectivity index (χ0v) is 12.3. The molecule has 1 fully saturated rings. The Balaban J connectivity index is 2.48. The van der Waals surface area contributed by atoms with Crippen LogP contribution in [0.1, 0.15) is 53.1 Å². The zero-order chi connectivity index (χ0) is 17.4. The van der Waals surface area contributed by atoms with Gasteiger partial charge in [0.05, 0.1) is 5.56 Å². The molecule has 1 amide bonds. The Hall–Kier alpha value is -1.86. The molecule has 0 atom stereocenters. The summed E-state index contributed by atoms with van der Waals surface area (Å²) < 4.78 is 70.4. The average Bonchev–Trinajstić information content (AvgIpc) is 2.43. The van der Waals surface area contributed by atoms with Crippen LogP contribution in [0.25, 0.3) is 0 Å². The fourth-order valence-corrected chi connectivity index (χ4v) is 2.99. The molecule has 128 valence electrons. The first-order valence-electron chi connectivity index (χ1n) is 7.08. The van der Waals surface area contributed by atoms with Crippen molar-refractivity contribution in [1.29, 1.82) is 0 Å². The molecule has 1 aliphatic rings. The van der Waals surface area contributed by atoms with Crippen molar-refractivity contribution in [2.24, 2.45) is 5.73 Å². The molecule has 0 heterocycles. The summed E-state index contributed by atoms with van der Waals surface area (Å²) in [4.78, 5) is 11.2. The van der Waals surface area contributed by atoms with E-state index in [1.54, 1.807) is 0 Å². The minimum absolute atomic E-state index is 0.0167. The molecule has 1 aromatic carbocycles. The number of carbonyl (C=O) groups is 1. The van der Waals surface area contributed by atoms with Gasteiger partial charge in [-0.05, 0) is 37.3 Å². The number of amides is 1. The van der Waals surface area contributed by atoms with Crippen molar-refractivity contribution in [1.82, 2.24) is 0 Å². The lowest BCUT2D eigenvalue weighted by atomic mass is 9.79. The number of halogens is 5. The van der Waals surface area contributed by atoms with E-state index in [0.717, 1.165) is 6.07 Å². The number of alkyl halides is 4. The molecule has 0 unspecified atom stereocenters. The third-order valence-corrected chi connectivity index (χ3v) is 4.12. The number of rotatable bonds is 4. The van der Waals surface area contributed by atoms with Crippen LogP contribution >= 0.6 is 0 Å². The molecule has 2 rings (SSSR count). The summed E-state index contributed by atoms with van der Waals surface area (Å²) in [6, 6.07) is 0.818. The molecule has 3 nitrogen and oxygen atoms in total. The number of nitrogens with two attached hydrogens (primary N) is 1. The molecule has 1 aliphatic carbocycles. The van der Waals surface area contributed by atoms with E-state index in [1.807, 2.05) is 0 Å². The van der Waals surface area contributed by atoms with Gasteiger partial charge in [0.15, 0.2) is 0 Å². The summed E-state index contributed by atoms with van der Waals surface area (Å²) in [6.07, 6.45) is -0.791. The van der Waals surface area contributed by atoms with Crippen LogP contribution in [0.15, 0.2) is 6.07 Å². The van der Waals surface area contributed by atoms with Crippen molar-refractivity contribution in [2.45, 2.75) is 51.1 Å². The van der Waals surface area contributed by atoms with Crippen LogP contribution in [0, 0.1) is 12.7 Å². The minimum Gasteiger partial charge on any atom is -0.434 e. The Labute approximate surface area is 129 Å². The summed E-state index contributed by atoms with van der Waals surface area (Å²) in [5.74, 6) is -5.79. The molecule has 0 spiro atoms. The van der Waals surface area contributed by atoms with E-state index in [9.17, 15) is 26.7 Å². The van der Waals surface area contributed by atoms with Gasteiger partial charge in [-0.2, -0.15) is 8.78 Å². The monoisotopic (exact) mass is 337 g/mol. The first-order chi connectivity index (χ1) is 10.6. The molecule has 2 N–H and O–H groups in total. The van der Waals surface area contributed by atoms with Crippen molar-refractivity contribution >= 4 is 5.91 Å². The van der Waals surface area contributed by atoms with Crippen molar-refractivity contribution in [3.63, 3.8) is 0 Å². The quantitative estimate of drug-likeness (QED) is 0.840. The van der Waals surface area contributed by atoms with Gasteiger partial charge in [0, 0.05) is 18.4 Å². The van der Waals surface area contributed by atoms with Crippen LogP contribution < -0.4 is 10.5 Å². The van der Waals surface area contributed by atoms with Crippen LogP contribution in [0.5, 0.6) is 5.75 Å². The summed E-state index contributed by atoms with van der Waals surface area (Å²) >= 11 is 0. The highest BCUT2D eigenvalue weighted by atomic mass is 19.3. The zero-order valence-electron chi connectivity index (χ0n) is 12.3. The van der Waals surface area contributed by atoms with Crippen molar-refractivity contribution in [3.05, 3.63) is 28.6 Å². The van der Waals surface area contributed by atoms with E-state index in [2.05, 4.69) is 4.74 Å². The summed E-state index contributed by atoms with van der Waals surface area (Å²) in [7, 11) is 0. The van der Waals surface area contributed by atoms with Crippen molar-refractivity contribution in [3.8, 4) is 5.75 Å². The number of primary amides is 1. The van der Waals surface area contributed by atoms with Gasteiger partial charge in [-0.3, -0.25) is 4.79 Å². The number of ether oxygens (including phenoxy) is 1. The molecule has 0 aromatic heterocycles. The molecule has 23 heavy (non-hydrogen) atoms. The largest absolute Gasteiger partial charge is 0.434 e. The smallest absolute Gasteiger partial charge is 0.387 e.